The third-order valence-electron chi connectivity index (χ3n) is 2.28. The van der Waals surface area contributed by atoms with Gasteiger partial charge >= 0.3 is 0 Å². The summed E-state index contributed by atoms with van der Waals surface area (Å²) in [5.74, 6) is -0.442. The van der Waals surface area contributed by atoms with Gasteiger partial charge in [0.2, 0.25) is 5.95 Å². The topological polar surface area (TPSA) is 101 Å². The van der Waals surface area contributed by atoms with Gasteiger partial charge in [-0.3, -0.25) is 0 Å². The van der Waals surface area contributed by atoms with Crippen LogP contribution in [-0.2, 0) is 16.6 Å². The van der Waals surface area contributed by atoms with E-state index in [4.69, 9.17) is 5.73 Å². The van der Waals surface area contributed by atoms with Gasteiger partial charge in [-0.1, -0.05) is 0 Å². The van der Waals surface area contributed by atoms with E-state index in [1.54, 1.807) is 0 Å². The number of benzene rings is 1. The van der Waals surface area contributed by atoms with Crippen LogP contribution in [0.4, 0.5) is 10.3 Å². The molecular formula is C10H11FN4O2S. The van der Waals surface area contributed by atoms with Crippen LogP contribution in [0.2, 0.25) is 0 Å². The van der Waals surface area contributed by atoms with Crippen LogP contribution in [0.25, 0.3) is 0 Å². The zero-order chi connectivity index (χ0) is 13.2. The molecule has 96 valence electrons. The number of sulfonamides is 1. The molecule has 1 aromatic heterocycles. The number of H-pyrrole nitrogens is 1. The second-order valence-electron chi connectivity index (χ2n) is 3.50. The third kappa shape index (κ3) is 2.49. The Morgan fingerprint density at radius 2 is 2.22 bits per heavy atom. The molecule has 0 aliphatic rings. The minimum Gasteiger partial charge on any atom is -0.330 e. The number of anilines is 1. The Morgan fingerprint density at radius 3 is 2.83 bits per heavy atom. The fraction of sp³-hybridized carbons (Fsp3) is 0.100. The Hall–Kier alpha value is -1.93. The van der Waals surface area contributed by atoms with Crippen molar-refractivity contribution >= 4 is 16.0 Å². The number of nitrogens with one attached hydrogen (secondary N) is 2. The molecule has 1 heterocycles. The van der Waals surface area contributed by atoms with E-state index in [0.717, 1.165) is 6.07 Å². The van der Waals surface area contributed by atoms with E-state index in [1.807, 2.05) is 0 Å². The van der Waals surface area contributed by atoms with Gasteiger partial charge in [0.25, 0.3) is 10.0 Å². The van der Waals surface area contributed by atoms with Crippen LogP contribution in [0.3, 0.4) is 0 Å². The van der Waals surface area contributed by atoms with Gasteiger partial charge in [0.05, 0.1) is 4.90 Å². The zero-order valence-electron chi connectivity index (χ0n) is 9.22. The van der Waals surface area contributed by atoms with E-state index in [-0.39, 0.29) is 23.0 Å². The highest BCUT2D eigenvalue weighted by Gasteiger charge is 2.16. The molecule has 0 amide bonds. The summed E-state index contributed by atoms with van der Waals surface area (Å²) in [5, 5.41) is 0. The average Bonchev–Trinajstić information content (AvgIpc) is 2.81. The van der Waals surface area contributed by atoms with Crippen LogP contribution < -0.4 is 10.5 Å². The summed E-state index contributed by atoms with van der Waals surface area (Å²) in [5.41, 5.74) is 5.46. The minimum absolute atomic E-state index is 0.0687. The highest BCUT2D eigenvalue weighted by Crippen LogP contribution is 2.16. The molecule has 0 saturated carbocycles. The first-order chi connectivity index (χ1) is 8.53. The molecule has 0 bridgehead atoms. The molecule has 0 radical (unpaired) electrons. The molecule has 0 atom stereocenters. The van der Waals surface area contributed by atoms with Crippen molar-refractivity contribution in [3.05, 3.63) is 42.0 Å². The number of hydrogen-bond acceptors (Lipinski definition) is 4. The normalized spacial score (nSPS) is 11.4. The summed E-state index contributed by atoms with van der Waals surface area (Å²) in [7, 11) is -3.80. The van der Waals surface area contributed by atoms with Crippen LogP contribution in [0.1, 0.15) is 5.56 Å². The Morgan fingerprint density at radius 1 is 1.44 bits per heavy atom. The van der Waals surface area contributed by atoms with E-state index < -0.39 is 15.8 Å². The Bertz CT molecular complexity index is 640. The highest BCUT2D eigenvalue weighted by molar-refractivity contribution is 7.92. The summed E-state index contributed by atoms with van der Waals surface area (Å²) in [4.78, 5) is 6.28. The van der Waals surface area contributed by atoms with E-state index >= 15 is 0 Å². The smallest absolute Gasteiger partial charge is 0.264 e. The summed E-state index contributed by atoms with van der Waals surface area (Å²) in [6.45, 7) is -0.0735. The maximum Gasteiger partial charge on any atom is 0.264 e. The van der Waals surface area contributed by atoms with Crippen molar-refractivity contribution in [2.24, 2.45) is 5.73 Å². The SMILES string of the molecule is NCc1cc(S(=O)(=O)Nc2ncc[nH]2)ccc1F. The molecule has 6 nitrogen and oxygen atoms in total. The highest BCUT2D eigenvalue weighted by atomic mass is 32.2. The molecule has 8 heteroatoms. The predicted octanol–water partition coefficient (Wildman–Crippen LogP) is 0.808. The number of rotatable bonds is 4. The first-order valence-corrected chi connectivity index (χ1v) is 6.52. The molecule has 0 aliphatic heterocycles. The molecule has 18 heavy (non-hydrogen) atoms. The Balaban J connectivity index is 2.35. The first kappa shape index (κ1) is 12.5. The number of halogens is 1. The number of imidazole rings is 1. The molecule has 1 aromatic carbocycles. The van der Waals surface area contributed by atoms with E-state index in [9.17, 15) is 12.8 Å². The lowest BCUT2D eigenvalue weighted by molar-refractivity contribution is 0.596. The van der Waals surface area contributed by atoms with Crippen molar-refractivity contribution in [3.63, 3.8) is 0 Å². The third-order valence-corrected chi connectivity index (χ3v) is 3.61. The second-order valence-corrected chi connectivity index (χ2v) is 5.18. The number of nitrogens with zero attached hydrogens (tertiary/aromatic N) is 1. The van der Waals surface area contributed by atoms with Crippen molar-refractivity contribution in [1.29, 1.82) is 0 Å². The summed E-state index contributed by atoms with van der Waals surface area (Å²) < 4.78 is 39.3. The molecule has 0 aliphatic carbocycles. The van der Waals surface area contributed by atoms with Crippen LogP contribution in [0.5, 0.6) is 0 Å². The average molecular weight is 270 g/mol. The molecule has 2 aromatic rings. The van der Waals surface area contributed by atoms with Gasteiger partial charge in [-0.2, -0.15) is 0 Å². The van der Waals surface area contributed by atoms with Gasteiger partial charge < -0.3 is 10.7 Å². The Kier molecular flexibility index (Phi) is 3.30. The van der Waals surface area contributed by atoms with Gasteiger partial charge in [0.1, 0.15) is 5.82 Å². The van der Waals surface area contributed by atoms with Gasteiger partial charge in [-0.05, 0) is 18.2 Å². The van der Waals surface area contributed by atoms with Crippen molar-refractivity contribution in [2.75, 3.05) is 4.72 Å². The molecule has 0 unspecified atom stereocenters. The van der Waals surface area contributed by atoms with Crippen LogP contribution in [-0.4, -0.2) is 18.4 Å². The minimum atomic E-state index is -3.80. The molecule has 4 N–H and O–H groups in total. The van der Waals surface area contributed by atoms with Gasteiger partial charge in [0, 0.05) is 24.5 Å². The Labute approximate surface area is 103 Å². The maximum atomic E-state index is 13.2. The van der Waals surface area contributed by atoms with Gasteiger partial charge in [-0.15, -0.1) is 0 Å². The fourth-order valence-corrected chi connectivity index (χ4v) is 2.41. The second kappa shape index (κ2) is 4.75. The zero-order valence-corrected chi connectivity index (χ0v) is 10.0. The predicted molar refractivity (Wildman–Crippen MR) is 63.7 cm³/mol. The number of hydrogen-bond donors (Lipinski definition) is 3. The first-order valence-electron chi connectivity index (χ1n) is 5.03. The monoisotopic (exact) mass is 270 g/mol. The summed E-state index contributed by atoms with van der Waals surface area (Å²) in [6, 6.07) is 3.43. The van der Waals surface area contributed by atoms with Crippen LogP contribution in [0, 0.1) is 5.82 Å². The van der Waals surface area contributed by atoms with Gasteiger partial charge in [-0.25, -0.2) is 22.5 Å². The van der Waals surface area contributed by atoms with E-state index in [0.29, 0.717) is 0 Å². The van der Waals surface area contributed by atoms with Gasteiger partial charge in [0.15, 0.2) is 0 Å². The number of nitrogens with two attached hydrogens (primary N) is 1. The van der Waals surface area contributed by atoms with E-state index in [1.165, 1.54) is 24.5 Å². The standard InChI is InChI=1S/C10H11FN4O2S/c11-9-2-1-8(5-7(9)6-12)18(16,17)15-10-13-3-4-14-10/h1-5H,6,12H2,(H2,13,14,15). The molecular weight excluding hydrogens is 259 g/mol. The summed E-state index contributed by atoms with van der Waals surface area (Å²) in [6.07, 6.45) is 2.89. The van der Waals surface area contributed by atoms with Crippen molar-refractivity contribution in [1.82, 2.24) is 9.97 Å². The van der Waals surface area contributed by atoms with Crippen molar-refractivity contribution in [3.8, 4) is 0 Å². The summed E-state index contributed by atoms with van der Waals surface area (Å²) >= 11 is 0. The number of aromatic nitrogens is 2. The number of aromatic amines is 1. The lowest BCUT2D eigenvalue weighted by Gasteiger charge is -2.07. The van der Waals surface area contributed by atoms with Crippen LogP contribution in [0.15, 0.2) is 35.5 Å². The van der Waals surface area contributed by atoms with Crippen LogP contribution >= 0.6 is 0 Å². The molecule has 0 spiro atoms. The lowest BCUT2D eigenvalue weighted by atomic mass is 10.2. The lowest BCUT2D eigenvalue weighted by Crippen LogP contribution is -2.15. The van der Waals surface area contributed by atoms with Crippen molar-refractivity contribution < 1.29 is 12.8 Å². The van der Waals surface area contributed by atoms with E-state index in [2.05, 4.69) is 14.7 Å². The van der Waals surface area contributed by atoms with Crippen molar-refractivity contribution in [2.45, 2.75) is 11.4 Å². The molecule has 0 fully saturated rings. The molecule has 0 saturated heterocycles. The fourth-order valence-electron chi connectivity index (χ4n) is 1.38. The maximum absolute atomic E-state index is 13.2. The quantitative estimate of drug-likeness (QED) is 0.765. The molecule has 2 rings (SSSR count). The largest absolute Gasteiger partial charge is 0.330 e.